The number of piperazine rings is 1. The molecule has 2 heterocycles. The SMILES string of the molecule is COc1ccc(S(=O)(=O)N2CCCC(C(=O)N3CCN(c4cccc(C)c4)CC3)C2)cc1. The summed E-state index contributed by atoms with van der Waals surface area (Å²) in [4.78, 5) is 17.7. The molecule has 7 nitrogen and oxygen atoms in total. The van der Waals surface area contributed by atoms with Crippen LogP contribution in [0, 0.1) is 12.8 Å². The van der Waals surface area contributed by atoms with E-state index in [-0.39, 0.29) is 23.3 Å². The lowest BCUT2D eigenvalue weighted by Gasteiger charge is -2.39. The molecule has 0 spiro atoms. The molecule has 8 heteroatoms. The number of sulfonamides is 1. The van der Waals surface area contributed by atoms with E-state index in [0.717, 1.165) is 19.5 Å². The van der Waals surface area contributed by atoms with Gasteiger partial charge in [0.2, 0.25) is 15.9 Å². The Balaban J connectivity index is 1.38. The molecular weight excluding hydrogens is 426 g/mol. The number of carbonyl (C=O) groups is 1. The van der Waals surface area contributed by atoms with Crippen molar-refractivity contribution in [2.24, 2.45) is 5.92 Å². The smallest absolute Gasteiger partial charge is 0.243 e. The van der Waals surface area contributed by atoms with E-state index in [2.05, 4.69) is 36.1 Å². The predicted octanol–water partition coefficient (Wildman–Crippen LogP) is 2.75. The first-order valence-corrected chi connectivity index (χ1v) is 12.6. The highest BCUT2D eigenvalue weighted by molar-refractivity contribution is 7.89. The molecule has 172 valence electrons. The summed E-state index contributed by atoms with van der Waals surface area (Å²) in [6.45, 7) is 5.66. The van der Waals surface area contributed by atoms with Crippen molar-refractivity contribution in [2.75, 3.05) is 51.3 Å². The standard InChI is InChI=1S/C24H31N3O4S/c1-19-5-3-7-21(17-19)25-13-15-26(16-14-25)24(28)20-6-4-12-27(18-20)32(29,30)23-10-8-22(31-2)9-11-23/h3,5,7-11,17,20H,4,6,12-16,18H2,1-2H3. The summed E-state index contributed by atoms with van der Waals surface area (Å²) in [5.41, 5.74) is 2.41. The van der Waals surface area contributed by atoms with E-state index in [1.165, 1.54) is 15.6 Å². The van der Waals surface area contributed by atoms with Gasteiger partial charge in [-0.25, -0.2) is 8.42 Å². The summed E-state index contributed by atoms with van der Waals surface area (Å²) in [6.07, 6.45) is 1.42. The van der Waals surface area contributed by atoms with Crippen LogP contribution >= 0.6 is 0 Å². The van der Waals surface area contributed by atoms with Crippen molar-refractivity contribution in [2.45, 2.75) is 24.7 Å². The Morgan fingerprint density at radius 3 is 2.38 bits per heavy atom. The lowest BCUT2D eigenvalue weighted by molar-refractivity contribution is -0.137. The Bertz CT molecular complexity index is 1050. The normalized spacial score (nSPS) is 20.2. The van der Waals surface area contributed by atoms with Crippen LogP contribution in [0.25, 0.3) is 0 Å². The van der Waals surface area contributed by atoms with Gasteiger partial charge in [0, 0.05) is 45.0 Å². The van der Waals surface area contributed by atoms with Crippen molar-refractivity contribution in [3.05, 3.63) is 54.1 Å². The molecule has 2 aromatic rings. The molecule has 0 radical (unpaired) electrons. The second-order valence-electron chi connectivity index (χ2n) is 8.53. The molecule has 1 atom stereocenters. The van der Waals surface area contributed by atoms with Gasteiger partial charge in [0.25, 0.3) is 0 Å². The first kappa shape index (κ1) is 22.6. The monoisotopic (exact) mass is 457 g/mol. The van der Waals surface area contributed by atoms with E-state index in [9.17, 15) is 13.2 Å². The van der Waals surface area contributed by atoms with E-state index < -0.39 is 10.0 Å². The molecule has 2 fully saturated rings. The first-order chi connectivity index (χ1) is 15.4. The molecule has 2 saturated heterocycles. The van der Waals surface area contributed by atoms with Gasteiger partial charge in [-0.2, -0.15) is 4.31 Å². The number of carbonyl (C=O) groups excluding carboxylic acids is 1. The molecule has 0 N–H and O–H groups in total. The summed E-state index contributed by atoms with van der Waals surface area (Å²) < 4.78 is 32.8. The van der Waals surface area contributed by atoms with Gasteiger partial charge < -0.3 is 14.5 Å². The Hall–Kier alpha value is -2.58. The topological polar surface area (TPSA) is 70.2 Å². The van der Waals surface area contributed by atoms with Crippen LogP contribution in [0.1, 0.15) is 18.4 Å². The third-order valence-electron chi connectivity index (χ3n) is 6.39. The molecule has 2 aromatic carbocycles. The van der Waals surface area contributed by atoms with Gasteiger partial charge in [0.15, 0.2) is 0 Å². The van der Waals surface area contributed by atoms with Crippen LogP contribution in [0.3, 0.4) is 0 Å². The van der Waals surface area contributed by atoms with Gasteiger partial charge in [0.1, 0.15) is 5.75 Å². The van der Waals surface area contributed by atoms with Crippen LogP contribution in [-0.4, -0.2) is 69.9 Å². The number of hydrogen-bond donors (Lipinski definition) is 0. The molecule has 1 amide bonds. The number of piperidine rings is 1. The molecule has 1 unspecified atom stereocenters. The minimum atomic E-state index is -3.63. The number of hydrogen-bond acceptors (Lipinski definition) is 5. The number of anilines is 1. The maximum Gasteiger partial charge on any atom is 0.243 e. The minimum Gasteiger partial charge on any atom is -0.497 e. The zero-order valence-electron chi connectivity index (χ0n) is 18.7. The van der Waals surface area contributed by atoms with Crippen molar-refractivity contribution in [3.63, 3.8) is 0 Å². The Morgan fingerprint density at radius 1 is 1.00 bits per heavy atom. The lowest BCUT2D eigenvalue weighted by Crippen LogP contribution is -2.53. The Morgan fingerprint density at radius 2 is 1.72 bits per heavy atom. The van der Waals surface area contributed by atoms with Gasteiger partial charge in [0.05, 0.1) is 17.9 Å². The molecule has 0 aliphatic carbocycles. The first-order valence-electron chi connectivity index (χ1n) is 11.1. The van der Waals surface area contributed by atoms with Gasteiger partial charge in [-0.1, -0.05) is 12.1 Å². The second kappa shape index (κ2) is 9.50. The van der Waals surface area contributed by atoms with Gasteiger partial charge in [-0.05, 0) is 61.7 Å². The molecule has 2 aliphatic heterocycles. The Labute approximate surface area is 190 Å². The van der Waals surface area contributed by atoms with E-state index in [0.29, 0.717) is 31.8 Å². The van der Waals surface area contributed by atoms with E-state index in [1.807, 2.05) is 4.90 Å². The third kappa shape index (κ3) is 4.76. The van der Waals surface area contributed by atoms with Crippen molar-refractivity contribution in [1.82, 2.24) is 9.21 Å². The number of ether oxygens (including phenoxy) is 1. The summed E-state index contributed by atoms with van der Waals surface area (Å²) in [6, 6.07) is 14.8. The maximum atomic E-state index is 13.2. The van der Waals surface area contributed by atoms with Gasteiger partial charge in [-0.3, -0.25) is 4.79 Å². The number of rotatable bonds is 5. The van der Waals surface area contributed by atoms with Crippen LogP contribution in [0.5, 0.6) is 5.75 Å². The second-order valence-corrected chi connectivity index (χ2v) is 10.5. The van der Waals surface area contributed by atoms with Crippen molar-refractivity contribution in [3.8, 4) is 5.75 Å². The molecular formula is C24H31N3O4S. The van der Waals surface area contributed by atoms with Crippen LogP contribution < -0.4 is 9.64 Å². The fourth-order valence-corrected chi connectivity index (χ4v) is 6.05. The summed E-state index contributed by atoms with van der Waals surface area (Å²) >= 11 is 0. The minimum absolute atomic E-state index is 0.0727. The number of methoxy groups -OCH3 is 1. The average molecular weight is 458 g/mol. The Kier molecular flexibility index (Phi) is 6.71. The summed E-state index contributed by atoms with van der Waals surface area (Å²) in [5.74, 6) is 0.395. The summed E-state index contributed by atoms with van der Waals surface area (Å²) in [7, 11) is -2.09. The number of amides is 1. The average Bonchev–Trinajstić information content (AvgIpc) is 2.84. The van der Waals surface area contributed by atoms with E-state index in [1.54, 1.807) is 31.4 Å². The zero-order chi connectivity index (χ0) is 22.7. The van der Waals surface area contributed by atoms with Crippen LogP contribution in [0.15, 0.2) is 53.4 Å². The highest BCUT2D eigenvalue weighted by atomic mass is 32.2. The fourth-order valence-electron chi connectivity index (χ4n) is 4.53. The van der Waals surface area contributed by atoms with Crippen LogP contribution in [0.2, 0.25) is 0 Å². The molecule has 32 heavy (non-hydrogen) atoms. The number of nitrogens with zero attached hydrogens (tertiary/aromatic N) is 3. The van der Waals surface area contributed by atoms with Gasteiger partial charge in [-0.15, -0.1) is 0 Å². The maximum absolute atomic E-state index is 13.2. The number of aryl methyl sites for hydroxylation is 1. The lowest BCUT2D eigenvalue weighted by atomic mass is 9.97. The summed E-state index contributed by atoms with van der Waals surface area (Å²) in [5, 5.41) is 0. The highest BCUT2D eigenvalue weighted by Crippen LogP contribution is 2.27. The number of benzene rings is 2. The van der Waals surface area contributed by atoms with E-state index >= 15 is 0 Å². The van der Waals surface area contributed by atoms with Crippen molar-refractivity contribution < 1.29 is 17.9 Å². The van der Waals surface area contributed by atoms with Crippen molar-refractivity contribution in [1.29, 1.82) is 0 Å². The molecule has 0 bridgehead atoms. The van der Waals surface area contributed by atoms with Crippen LogP contribution in [0.4, 0.5) is 5.69 Å². The molecule has 2 aliphatic rings. The van der Waals surface area contributed by atoms with Crippen LogP contribution in [-0.2, 0) is 14.8 Å². The molecule has 0 aromatic heterocycles. The third-order valence-corrected chi connectivity index (χ3v) is 8.27. The molecule has 0 saturated carbocycles. The van der Waals surface area contributed by atoms with Gasteiger partial charge >= 0.3 is 0 Å². The predicted molar refractivity (Wildman–Crippen MR) is 124 cm³/mol. The highest BCUT2D eigenvalue weighted by Gasteiger charge is 2.35. The molecule has 4 rings (SSSR count). The largest absolute Gasteiger partial charge is 0.497 e. The van der Waals surface area contributed by atoms with E-state index in [4.69, 9.17) is 4.74 Å². The zero-order valence-corrected chi connectivity index (χ0v) is 19.6. The quantitative estimate of drug-likeness (QED) is 0.691. The fraction of sp³-hybridized carbons (Fsp3) is 0.458. The van der Waals surface area contributed by atoms with Crippen molar-refractivity contribution >= 4 is 21.6 Å².